The summed E-state index contributed by atoms with van der Waals surface area (Å²) in [5.41, 5.74) is 0.956. The summed E-state index contributed by atoms with van der Waals surface area (Å²) in [6.45, 7) is 2.59. The summed E-state index contributed by atoms with van der Waals surface area (Å²) >= 11 is 0. The third-order valence-electron chi connectivity index (χ3n) is 3.49. The molecule has 1 aliphatic carbocycles. The van der Waals surface area contributed by atoms with E-state index in [9.17, 15) is 8.42 Å². The number of hydrogen-bond donors (Lipinski definition) is 2. The predicted octanol–water partition coefficient (Wildman–Crippen LogP) is 1.21. The van der Waals surface area contributed by atoms with Crippen molar-refractivity contribution in [3.8, 4) is 0 Å². The van der Waals surface area contributed by atoms with E-state index < -0.39 is 10.0 Å². The molecule has 1 aromatic rings. The molecule has 1 aliphatic rings. The van der Waals surface area contributed by atoms with Crippen molar-refractivity contribution in [1.82, 2.24) is 14.6 Å². The van der Waals surface area contributed by atoms with Crippen LogP contribution in [0.1, 0.15) is 31.9 Å². The van der Waals surface area contributed by atoms with E-state index >= 15 is 0 Å². The minimum atomic E-state index is -3.40. The molecule has 1 aromatic heterocycles. The van der Waals surface area contributed by atoms with Gasteiger partial charge in [-0.1, -0.05) is 12.8 Å². The Kier molecular flexibility index (Phi) is 4.32. The third kappa shape index (κ3) is 3.81. The van der Waals surface area contributed by atoms with Crippen LogP contribution in [0.2, 0.25) is 0 Å². The number of nitrogens with one attached hydrogen (secondary N) is 2. The number of aromatic nitrogens is 1. The molecule has 5 nitrogen and oxygen atoms in total. The minimum Gasteiger partial charge on any atom is -0.352 e. The number of rotatable bonds is 7. The van der Waals surface area contributed by atoms with Crippen molar-refractivity contribution in [2.45, 2.75) is 43.7 Å². The number of hydrogen-bond acceptors (Lipinski definition) is 3. The standard InChI is InChI=1S/C13H23N3O2S/c1-10(6-11-4-5-11)15-19(17,18)13-7-12(8-14-2)16(3)9-13/h7,9-11,14-15H,4-6,8H2,1-3H3. The van der Waals surface area contributed by atoms with E-state index in [0.717, 1.165) is 12.1 Å². The van der Waals surface area contributed by atoms with Gasteiger partial charge in [-0.2, -0.15) is 0 Å². The molecule has 0 radical (unpaired) electrons. The smallest absolute Gasteiger partial charge is 0.242 e. The first-order chi connectivity index (χ1) is 8.92. The topological polar surface area (TPSA) is 63.1 Å². The van der Waals surface area contributed by atoms with Crippen LogP contribution in [0, 0.1) is 5.92 Å². The predicted molar refractivity (Wildman–Crippen MR) is 75.3 cm³/mol. The van der Waals surface area contributed by atoms with Gasteiger partial charge in [-0.25, -0.2) is 13.1 Å². The molecule has 1 atom stereocenters. The lowest BCUT2D eigenvalue weighted by molar-refractivity contribution is 0.530. The van der Waals surface area contributed by atoms with Crippen molar-refractivity contribution in [3.05, 3.63) is 18.0 Å². The molecule has 1 heterocycles. The van der Waals surface area contributed by atoms with Gasteiger partial charge in [0.25, 0.3) is 0 Å². The first-order valence-electron chi connectivity index (χ1n) is 6.74. The van der Waals surface area contributed by atoms with Gasteiger partial charge >= 0.3 is 0 Å². The molecule has 19 heavy (non-hydrogen) atoms. The SMILES string of the molecule is CNCc1cc(S(=O)(=O)NC(C)CC2CC2)cn1C. The Labute approximate surface area is 115 Å². The van der Waals surface area contributed by atoms with Crippen molar-refractivity contribution in [3.63, 3.8) is 0 Å². The third-order valence-corrected chi connectivity index (χ3v) is 5.05. The second-order valence-electron chi connectivity index (χ2n) is 5.51. The molecule has 1 fully saturated rings. The van der Waals surface area contributed by atoms with Gasteiger partial charge in [-0.05, 0) is 32.4 Å². The van der Waals surface area contributed by atoms with Gasteiger partial charge in [0.15, 0.2) is 0 Å². The molecular formula is C13H23N3O2S. The Bertz CT molecular complexity index is 532. The van der Waals surface area contributed by atoms with E-state index in [2.05, 4.69) is 10.0 Å². The molecule has 2 N–H and O–H groups in total. The lowest BCUT2D eigenvalue weighted by Gasteiger charge is -2.12. The second kappa shape index (κ2) is 5.64. The first kappa shape index (κ1) is 14.6. The van der Waals surface area contributed by atoms with Crippen molar-refractivity contribution in [1.29, 1.82) is 0 Å². The normalized spacial score (nSPS) is 17.6. The molecule has 6 heteroatoms. The Hall–Kier alpha value is -0.850. The average molecular weight is 285 g/mol. The second-order valence-corrected chi connectivity index (χ2v) is 7.22. The summed E-state index contributed by atoms with van der Waals surface area (Å²) in [5, 5.41) is 3.03. The highest BCUT2D eigenvalue weighted by molar-refractivity contribution is 7.89. The molecule has 2 rings (SSSR count). The maximum Gasteiger partial charge on any atom is 0.242 e. The highest BCUT2D eigenvalue weighted by atomic mass is 32.2. The zero-order valence-corrected chi connectivity index (χ0v) is 12.6. The molecule has 0 bridgehead atoms. The summed E-state index contributed by atoms with van der Waals surface area (Å²) in [6, 6.07) is 1.73. The van der Waals surface area contributed by atoms with Gasteiger partial charge in [0.2, 0.25) is 10.0 Å². The molecule has 0 saturated heterocycles. The average Bonchev–Trinajstić information content (AvgIpc) is 3.02. The van der Waals surface area contributed by atoms with Crippen molar-refractivity contribution in [2.75, 3.05) is 7.05 Å². The molecule has 0 aromatic carbocycles. The fourth-order valence-corrected chi connectivity index (χ4v) is 3.67. The Balaban J connectivity index is 2.07. The maximum absolute atomic E-state index is 12.3. The van der Waals surface area contributed by atoms with Crippen LogP contribution in [0.4, 0.5) is 0 Å². The van der Waals surface area contributed by atoms with Gasteiger partial charge in [0.1, 0.15) is 0 Å². The lowest BCUT2D eigenvalue weighted by atomic mass is 10.2. The van der Waals surface area contributed by atoms with Crippen LogP contribution in [0.25, 0.3) is 0 Å². The van der Waals surface area contributed by atoms with Crippen LogP contribution < -0.4 is 10.0 Å². The number of sulfonamides is 1. The quantitative estimate of drug-likeness (QED) is 0.791. The zero-order valence-electron chi connectivity index (χ0n) is 11.8. The molecule has 0 amide bonds. The summed E-state index contributed by atoms with van der Waals surface area (Å²) in [4.78, 5) is 0.350. The highest BCUT2D eigenvalue weighted by Crippen LogP contribution is 2.33. The Morgan fingerprint density at radius 2 is 2.16 bits per heavy atom. The minimum absolute atomic E-state index is 0.00505. The van der Waals surface area contributed by atoms with E-state index in [-0.39, 0.29) is 6.04 Å². The fourth-order valence-electron chi connectivity index (χ4n) is 2.32. The molecule has 0 spiro atoms. The number of aryl methyl sites for hydroxylation is 1. The van der Waals surface area contributed by atoms with Gasteiger partial charge in [-0.15, -0.1) is 0 Å². The van der Waals surface area contributed by atoms with Crippen molar-refractivity contribution < 1.29 is 8.42 Å². The van der Waals surface area contributed by atoms with Crippen LogP contribution in [0.3, 0.4) is 0 Å². The summed E-state index contributed by atoms with van der Waals surface area (Å²) in [5.74, 6) is 0.716. The van der Waals surface area contributed by atoms with E-state index in [4.69, 9.17) is 0 Å². The van der Waals surface area contributed by atoms with Gasteiger partial charge in [-0.3, -0.25) is 0 Å². The van der Waals surface area contributed by atoms with Crippen LogP contribution in [-0.4, -0.2) is 26.1 Å². The monoisotopic (exact) mass is 285 g/mol. The summed E-state index contributed by atoms with van der Waals surface area (Å²) < 4.78 is 29.1. The Morgan fingerprint density at radius 1 is 1.47 bits per heavy atom. The van der Waals surface area contributed by atoms with Crippen LogP contribution in [0.15, 0.2) is 17.2 Å². The molecule has 108 valence electrons. The van der Waals surface area contributed by atoms with Gasteiger partial charge in [0, 0.05) is 31.5 Å². The molecule has 1 saturated carbocycles. The van der Waals surface area contributed by atoms with Gasteiger partial charge < -0.3 is 9.88 Å². The van der Waals surface area contributed by atoms with Crippen LogP contribution >= 0.6 is 0 Å². The maximum atomic E-state index is 12.3. The van der Waals surface area contributed by atoms with E-state index in [1.165, 1.54) is 12.8 Å². The molecule has 1 unspecified atom stereocenters. The zero-order chi connectivity index (χ0) is 14.0. The van der Waals surface area contributed by atoms with E-state index in [1.54, 1.807) is 12.3 Å². The molecular weight excluding hydrogens is 262 g/mol. The lowest BCUT2D eigenvalue weighted by Crippen LogP contribution is -2.32. The summed E-state index contributed by atoms with van der Waals surface area (Å²) in [7, 11) is 0.309. The van der Waals surface area contributed by atoms with E-state index in [1.807, 2.05) is 25.6 Å². The van der Waals surface area contributed by atoms with Crippen molar-refractivity contribution in [2.24, 2.45) is 13.0 Å². The van der Waals surface area contributed by atoms with Gasteiger partial charge in [0.05, 0.1) is 4.90 Å². The molecule has 0 aliphatic heterocycles. The number of nitrogens with zero attached hydrogens (tertiary/aromatic N) is 1. The highest BCUT2D eigenvalue weighted by Gasteiger charge is 2.26. The van der Waals surface area contributed by atoms with Crippen molar-refractivity contribution >= 4 is 10.0 Å². The Morgan fingerprint density at radius 3 is 2.74 bits per heavy atom. The first-order valence-corrected chi connectivity index (χ1v) is 8.23. The largest absolute Gasteiger partial charge is 0.352 e. The van der Waals surface area contributed by atoms with Crippen LogP contribution in [-0.2, 0) is 23.6 Å². The van der Waals surface area contributed by atoms with E-state index in [0.29, 0.717) is 17.4 Å². The van der Waals surface area contributed by atoms with Crippen LogP contribution in [0.5, 0.6) is 0 Å². The summed E-state index contributed by atoms with van der Waals surface area (Å²) in [6.07, 6.45) is 5.09. The fraction of sp³-hybridized carbons (Fsp3) is 0.692.